The van der Waals surface area contributed by atoms with E-state index in [-0.39, 0.29) is 23.2 Å². The molecule has 0 aliphatic carbocycles. The van der Waals surface area contributed by atoms with E-state index < -0.39 is 20.5 Å². The number of rotatable bonds is 6. The van der Waals surface area contributed by atoms with Gasteiger partial charge < -0.3 is 5.32 Å². The van der Waals surface area contributed by atoms with E-state index in [2.05, 4.69) is 15.0 Å². The van der Waals surface area contributed by atoms with Crippen LogP contribution in [0, 0.1) is 10.1 Å². The van der Waals surface area contributed by atoms with Gasteiger partial charge in [-0.05, 0) is 19.9 Å². The van der Waals surface area contributed by atoms with Crippen molar-refractivity contribution in [3.8, 4) is 0 Å². The smallest absolute Gasteiger partial charge is 0.311 e. The van der Waals surface area contributed by atoms with Crippen LogP contribution in [0.4, 0.5) is 11.5 Å². The molecule has 8 nitrogen and oxygen atoms in total. The molecule has 1 rings (SSSR count). The van der Waals surface area contributed by atoms with Crippen LogP contribution in [0.15, 0.2) is 12.1 Å². The van der Waals surface area contributed by atoms with Crippen molar-refractivity contribution in [1.82, 2.24) is 9.71 Å². The van der Waals surface area contributed by atoms with Gasteiger partial charge in [-0.3, -0.25) is 10.1 Å². The Bertz CT molecular complexity index is 618. The molecule has 112 valence electrons. The Balaban J connectivity index is 2.89. The number of aromatic nitrogens is 1. The van der Waals surface area contributed by atoms with Crippen molar-refractivity contribution in [3.05, 3.63) is 27.4 Å². The van der Waals surface area contributed by atoms with Gasteiger partial charge in [-0.2, -0.15) is 0 Å². The number of sulfonamides is 1. The second kappa shape index (κ2) is 5.90. The lowest BCUT2D eigenvalue weighted by Crippen LogP contribution is -2.47. The first kappa shape index (κ1) is 16.6. The molecule has 0 aromatic carbocycles. The van der Waals surface area contributed by atoms with E-state index in [9.17, 15) is 18.5 Å². The lowest BCUT2D eigenvalue weighted by atomic mass is 10.1. The fraction of sp³-hybridized carbons (Fsp3) is 0.500. The second-order valence-electron chi connectivity index (χ2n) is 4.87. The van der Waals surface area contributed by atoms with E-state index in [1.807, 2.05) is 0 Å². The molecule has 0 unspecified atom stereocenters. The van der Waals surface area contributed by atoms with E-state index in [4.69, 9.17) is 11.6 Å². The zero-order valence-electron chi connectivity index (χ0n) is 11.2. The van der Waals surface area contributed by atoms with Crippen molar-refractivity contribution in [1.29, 1.82) is 0 Å². The van der Waals surface area contributed by atoms with Gasteiger partial charge in [0.15, 0.2) is 0 Å². The number of nitrogens with one attached hydrogen (secondary N) is 2. The molecule has 0 saturated carbocycles. The lowest BCUT2D eigenvalue weighted by molar-refractivity contribution is -0.384. The summed E-state index contributed by atoms with van der Waals surface area (Å²) in [7, 11) is -3.39. The average molecular weight is 323 g/mol. The quantitative estimate of drug-likeness (QED) is 0.464. The number of nitrogens with zero attached hydrogens (tertiary/aromatic N) is 2. The zero-order chi connectivity index (χ0) is 15.6. The van der Waals surface area contributed by atoms with Gasteiger partial charge >= 0.3 is 5.69 Å². The molecule has 0 atom stereocenters. The van der Waals surface area contributed by atoms with Crippen LogP contribution in [-0.4, -0.2) is 36.7 Å². The van der Waals surface area contributed by atoms with Crippen LogP contribution in [0.2, 0.25) is 5.15 Å². The van der Waals surface area contributed by atoms with Crippen LogP contribution in [0.1, 0.15) is 13.8 Å². The van der Waals surface area contributed by atoms with Crippen molar-refractivity contribution in [2.75, 3.05) is 18.1 Å². The Kier molecular flexibility index (Phi) is 4.90. The van der Waals surface area contributed by atoms with E-state index in [0.29, 0.717) is 0 Å². The Morgan fingerprint density at radius 1 is 1.45 bits per heavy atom. The molecule has 0 aliphatic heterocycles. The molecule has 1 aromatic rings. The normalized spacial score (nSPS) is 12.2. The highest BCUT2D eigenvalue weighted by Gasteiger charge is 2.24. The fourth-order valence-corrected chi connectivity index (χ4v) is 2.77. The topological polar surface area (TPSA) is 114 Å². The summed E-state index contributed by atoms with van der Waals surface area (Å²) in [5.74, 6) is -0.00845. The summed E-state index contributed by atoms with van der Waals surface area (Å²) in [5.41, 5.74) is -1.07. The van der Waals surface area contributed by atoms with Crippen molar-refractivity contribution < 1.29 is 13.3 Å². The molecule has 10 heteroatoms. The number of nitro groups is 1. The monoisotopic (exact) mass is 322 g/mol. The van der Waals surface area contributed by atoms with Gasteiger partial charge in [-0.25, -0.2) is 18.1 Å². The Hall–Kier alpha value is -1.45. The third-order valence-electron chi connectivity index (χ3n) is 2.20. The van der Waals surface area contributed by atoms with E-state index in [0.717, 1.165) is 6.26 Å². The molecule has 0 aliphatic rings. The summed E-state index contributed by atoms with van der Waals surface area (Å²) in [6.45, 7) is 3.38. The van der Waals surface area contributed by atoms with Gasteiger partial charge in [-0.15, -0.1) is 0 Å². The van der Waals surface area contributed by atoms with E-state index in [1.54, 1.807) is 13.8 Å². The molecule has 0 bridgehead atoms. The molecule has 0 fully saturated rings. The molecular formula is C10H15ClN4O4S. The maximum Gasteiger partial charge on any atom is 0.311 e. The molecule has 2 N–H and O–H groups in total. The molecule has 0 saturated heterocycles. The first-order valence-electron chi connectivity index (χ1n) is 5.54. The van der Waals surface area contributed by atoms with Crippen LogP contribution in [0.3, 0.4) is 0 Å². The van der Waals surface area contributed by atoms with Gasteiger partial charge in [0.2, 0.25) is 15.8 Å². The summed E-state index contributed by atoms with van der Waals surface area (Å²) in [6.07, 6.45) is 1.04. The lowest BCUT2D eigenvalue weighted by Gasteiger charge is -2.25. The maximum atomic E-state index is 11.2. The summed E-state index contributed by atoms with van der Waals surface area (Å²) < 4.78 is 24.8. The summed E-state index contributed by atoms with van der Waals surface area (Å²) >= 11 is 5.69. The highest BCUT2D eigenvalue weighted by Crippen LogP contribution is 2.24. The fourth-order valence-electron chi connectivity index (χ4n) is 1.55. The molecule has 0 radical (unpaired) electrons. The minimum atomic E-state index is -3.39. The Morgan fingerprint density at radius 2 is 2.05 bits per heavy atom. The van der Waals surface area contributed by atoms with Gasteiger partial charge in [0, 0.05) is 18.2 Å². The van der Waals surface area contributed by atoms with Gasteiger partial charge in [0.1, 0.15) is 5.15 Å². The number of halogens is 1. The number of anilines is 1. The predicted octanol–water partition coefficient (Wildman–Crippen LogP) is 1.38. The van der Waals surface area contributed by atoms with Crippen LogP contribution in [0.25, 0.3) is 0 Å². The molecule has 0 spiro atoms. The van der Waals surface area contributed by atoms with E-state index in [1.165, 1.54) is 12.1 Å². The first-order chi connectivity index (χ1) is 9.00. The summed E-state index contributed by atoms with van der Waals surface area (Å²) in [4.78, 5) is 14.1. The van der Waals surface area contributed by atoms with Crippen LogP contribution in [0.5, 0.6) is 0 Å². The summed E-state index contributed by atoms with van der Waals surface area (Å²) in [6, 6.07) is 2.54. The second-order valence-corrected chi connectivity index (χ2v) is 7.01. The molecular weight excluding hydrogens is 308 g/mol. The molecule has 0 amide bonds. The SMILES string of the molecule is CC(C)(CNc1nc(Cl)ccc1[N+](=O)[O-])NS(C)(=O)=O. The Labute approximate surface area is 121 Å². The molecule has 1 aromatic heterocycles. The van der Waals surface area contributed by atoms with Crippen molar-refractivity contribution >= 4 is 33.1 Å². The van der Waals surface area contributed by atoms with Gasteiger partial charge in [0.05, 0.1) is 11.2 Å². The van der Waals surface area contributed by atoms with E-state index >= 15 is 0 Å². The summed E-state index contributed by atoms with van der Waals surface area (Å²) in [5, 5.41) is 13.7. The maximum absolute atomic E-state index is 11.2. The first-order valence-corrected chi connectivity index (χ1v) is 7.81. The number of pyridine rings is 1. The standard InChI is InChI=1S/C10H15ClN4O4S/c1-10(2,14-20(3,18)19)6-12-9-7(15(16)17)4-5-8(11)13-9/h4-5,14H,6H2,1-3H3,(H,12,13). The van der Waals surface area contributed by atoms with Crippen LogP contribution in [-0.2, 0) is 10.0 Å². The highest BCUT2D eigenvalue weighted by molar-refractivity contribution is 7.88. The largest absolute Gasteiger partial charge is 0.362 e. The van der Waals surface area contributed by atoms with Crippen molar-refractivity contribution in [2.24, 2.45) is 0 Å². The third-order valence-corrected chi connectivity index (χ3v) is 3.33. The van der Waals surface area contributed by atoms with Crippen molar-refractivity contribution in [2.45, 2.75) is 19.4 Å². The van der Waals surface area contributed by atoms with Crippen LogP contribution >= 0.6 is 11.6 Å². The number of hydrogen-bond acceptors (Lipinski definition) is 6. The van der Waals surface area contributed by atoms with Crippen LogP contribution < -0.4 is 10.0 Å². The minimum Gasteiger partial charge on any atom is -0.362 e. The average Bonchev–Trinajstić information content (AvgIpc) is 2.22. The zero-order valence-corrected chi connectivity index (χ0v) is 12.7. The van der Waals surface area contributed by atoms with Crippen molar-refractivity contribution in [3.63, 3.8) is 0 Å². The number of hydrogen-bond donors (Lipinski definition) is 2. The minimum absolute atomic E-state index is 0.00845. The highest BCUT2D eigenvalue weighted by atomic mass is 35.5. The molecule has 20 heavy (non-hydrogen) atoms. The van der Waals surface area contributed by atoms with Gasteiger partial charge in [-0.1, -0.05) is 11.6 Å². The van der Waals surface area contributed by atoms with Gasteiger partial charge in [0.25, 0.3) is 0 Å². The molecule has 1 heterocycles. The predicted molar refractivity (Wildman–Crippen MR) is 76.4 cm³/mol. The Morgan fingerprint density at radius 3 is 2.55 bits per heavy atom. The third kappa shape index (κ3) is 5.27.